The second-order valence-corrected chi connectivity index (χ2v) is 4.16. The third-order valence-corrected chi connectivity index (χ3v) is 3.21. The smallest absolute Gasteiger partial charge is 0.00673 e. The summed E-state index contributed by atoms with van der Waals surface area (Å²) < 4.78 is 0. The maximum Gasteiger partial charge on any atom is 0.00673 e. The van der Waals surface area contributed by atoms with Gasteiger partial charge in [-0.1, -0.05) is 19.4 Å². The van der Waals surface area contributed by atoms with Gasteiger partial charge in [0.25, 0.3) is 0 Å². The van der Waals surface area contributed by atoms with Crippen molar-refractivity contribution in [2.45, 2.75) is 51.5 Å². The minimum atomic E-state index is 0.794. The van der Waals surface area contributed by atoms with Crippen molar-refractivity contribution in [3.8, 4) is 0 Å². The highest BCUT2D eigenvalue weighted by Gasteiger charge is 2.18. The lowest BCUT2D eigenvalue weighted by Crippen LogP contribution is -2.33. The topological polar surface area (TPSA) is 12.0 Å². The Morgan fingerprint density at radius 3 is 2.54 bits per heavy atom. The highest BCUT2D eigenvalue weighted by atomic mass is 14.9. The molecule has 0 unspecified atom stereocenters. The molecule has 0 aromatic rings. The van der Waals surface area contributed by atoms with Gasteiger partial charge in [-0.2, -0.15) is 0 Å². The van der Waals surface area contributed by atoms with Gasteiger partial charge in [0.2, 0.25) is 0 Å². The molecule has 1 N–H and O–H groups in total. The van der Waals surface area contributed by atoms with E-state index in [9.17, 15) is 0 Å². The van der Waals surface area contributed by atoms with Crippen LogP contribution < -0.4 is 5.32 Å². The van der Waals surface area contributed by atoms with Crippen LogP contribution >= 0.6 is 0 Å². The van der Waals surface area contributed by atoms with Gasteiger partial charge in [-0.3, -0.25) is 0 Å². The highest BCUT2D eigenvalue weighted by Crippen LogP contribution is 2.26. The molecule has 1 saturated carbocycles. The Labute approximate surface area is 82.6 Å². The molecular weight excluding hydrogens is 158 g/mol. The van der Waals surface area contributed by atoms with Crippen molar-refractivity contribution < 1.29 is 0 Å². The maximum atomic E-state index is 3.73. The first kappa shape index (κ1) is 10.8. The van der Waals surface area contributed by atoms with Gasteiger partial charge >= 0.3 is 0 Å². The van der Waals surface area contributed by atoms with Gasteiger partial charge in [0.05, 0.1) is 0 Å². The molecule has 1 rings (SSSR count). The summed E-state index contributed by atoms with van der Waals surface area (Å²) in [5.41, 5.74) is 0. The Morgan fingerprint density at radius 1 is 1.31 bits per heavy atom. The summed E-state index contributed by atoms with van der Waals surface area (Å²) >= 11 is 0. The zero-order valence-corrected chi connectivity index (χ0v) is 8.89. The van der Waals surface area contributed by atoms with Crippen molar-refractivity contribution in [2.75, 3.05) is 6.54 Å². The van der Waals surface area contributed by atoms with Crippen LogP contribution in [0.3, 0.4) is 0 Å². The fourth-order valence-electron chi connectivity index (χ4n) is 2.16. The molecule has 0 saturated heterocycles. The van der Waals surface area contributed by atoms with Gasteiger partial charge < -0.3 is 5.32 Å². The third-order valence-electron chi connectivity index (χ3n) is 3.21. The lowest BCUT2D eigenvalue weighted by atomic mass is 9.84. The van der Waals surface area contributed by atoms with Crippen molar-refractivity contribution in [2.24, 2.45) is 5.92 Å². The lowest BCUT2D eigenvalue weighted by molar-refractivity contribution is 0.287. The Morgan fingerprint density at radius 2 is 2.00 bits per heavy atom. The van der Waals surface area contributed by atoms with Crippen LogP contribution in [0.1, 0.15) is 45.4 Å². The quantitative estimate of drug-likeness (QED) is 0.507. The van der Waals surface area contributed by atoms with E-state index in [-0.39, 0.29) is 0 Å². The molecule has 0 bridgehead atoms. The summed E-state index contributed by atoms with van der Waals surface area (Å²) in [5.74, 6) is 1.01. The van der Waals surface area contributed by atoms with E-state index < -0.39 is 0 Å². The van der Waals surface area contributed by atoms with Gasteiger partial charge in [-0.25, -0.2) is 0 Å². The second kappa shape index (κ2) is 6.20. The molecule has 1 fully saturated rings. The average molecular weight is 181 g/mol. The molecule has 0 aromatic carbocycles. The number of nitrogens with one attached hydrogen (secondary N) is 1. The Bertz CT molecular complexity index is 134. The molecule has 0 heterocycles. The van der Waals surface area contributed by atoms with E-state index >= 15 is 0 Å². The summed E-state index contributed by atoms with van der Waals surface area (Å²) in [4.78, 5) is 0. The van der Waals surface area contributed by atoms with E-state index in [4.69, 9.17) is 0 Å². The zero-order chi connectivity index (χ0) is 9.52. The van der Waals surface area contributed by atoms with Crippen molar-refractivity contribution in [3.05, 3.63) is 12.7 Å². The largest absolute Gasteiger partial charge is 0.314 e. The van der Waals surface area contributed by atoms with Crippen molar-refractivity contribution in [1.29, 1.82) is 0 Å². The Kier molecular flexibility index (Phi) is 5.14. The number of hydrogen-bond donors (Lipinski definition) is 1. The van der Waals surface area contributed by atoms with E-state index in [0.29, 0.717) is 0 Å². The van der Waals surface area contributed by atoms with Crippen molar-refractivity contribution in [3.63, 3.8) is 0 Å². The van der Waals surface area contributed by atoms with Gasteiger partial charge in [0, 0.05) is 6.04 Å². The summed E-state index contributed by atoms with van der Waals surface area (Å²) in [6, 6.07) is 0.794. The van der Waals surface area contributed by atoms with E-state index in [1.54, 1.807) is 0 Å². The minimum Gasteiger partial charge on any atom is -0.314 e. The normalized spacial score (nSPS) is 28.7. The van der Waals surface area contributed by atoms with Crippen LogP contribution in [0.25, 0.3) is 0 Å². The summed E-state index contributed by atoms with van der Waals surface area (Å²) in [7, 11) is 0. The monoisotopic (exact) mass is 181 g/mol. The standard InChI is InChI=1S/C12H23N/c1-3-5-10-13-12-8-6-11(4-2)7-9-12/h3,11-13H,1,4-10H2,2H3. The van der Waals surface area contributed by atoms with Crippen LogP contribution in [-0.2, 0) is 0 Å². The van der Waals surface area contributed by atoms with Crippen LogP contribution in [0.2, 0.25) is 0 Å². The van der Waals surface area contributed by atoms with E-state index in [1.165, 1.54) is 32.1 Å². The molecule has 76 valence electrons. The fourth-order valence-corrected chi connectivity index (χ4v) is 2.16. The molecule has 1 aliphatic carbocycles. The maximum absolute atomic E-state index is 3.73. The van der Waals surface area contributed by atoms with Crippen LogP contribution in [0.5, 0.6) is 0 Å². The molecule has 0 spiro atoms. The summed E-state index contributed by atoms with van der Waals surface area (Å²) in [6.45, 7) is 7.16. The third kappa shape index (κ3) is 3.95. The zero-order valence-electron chi connectivity index (χ0n) is 8.89. The molecule has 1 heteroatoms. The lowest BCUT2D eigenvalue weighted by Gasteiger charge is -2.28. The van der Waals surface area contributed by atoms with Crippen LogP contribution in [0.15, 0.2) is 12.7 Å². The van der Waals surface area contributed by atoms with Gasteiger partial charge in [-0.15, -0.1) is 6.58 Å². The molecule has 1 nitrogen and oxygen atoms in total. The predicted octanol–water partition coefficient (Wildman–Crippen LogP) is 3.12. The van der Waals surface area contributed by atoms with Crippen LogP contribution in [-0.4, -0.2) is 12.6 Å². The molecular formula is C12H23N. The summed E-state index contributed by atoms with van der Waals surface area (Å²) in [6.07, 6.45) is 10.1. The fraction of sp³-hybridized carbons (Fsp3) is 0.833. The van der Waals surface area contributed by atoms with Gasteiger partial charge in [0.15, 0.2) is 0 Å². The molecule has 1 aliphatic rings. The first-order chi connectivity index (χ1) is 6.36. The first-order valence-corrected chi connectivity index (χ1v) is 5.71. The van der Waals surface area contributed by atoms with Crippen molar-refractivity contribution >= 4 is 0 Å². The van der Waals surface area contributed by atoms with E-state index in [1.807, 2.05) is 6.08 Å². The molecule has 0 amide bonds. The minimum absolute atomic E-state index is 0.794. The number of rotatable bonds is 5. The highest BCUT2D eigenvalue weighted by molar-refractivity contribution is 4.77. The van der Waals surface area contributed by atoms with Crippen molar-refractivity contribution in [1.82, 2.24) is 5.32 Å². The Hall–Kier alpha value is -0.300. The molecule has 13 heavy (non-hydrogen) atoms. The molecule has 0 atom stereocenters. The number of hydrogen-bond acceptors (Lipinski definition) is 1. The SMILES string of the molecule is C=CCCNC1CCC(CC)CC1. The molecule has 0 radical (unpaired) electrons. The predicted molar refractivity (Wildman–Crippen MR) is 58.9 cm³/mol. The van der Waals surface area contributed by atoms with E-state index in [0.717, 1.165) is 24.9 Å². The second-order valence-electron chi connectivity index (χ2n) is 4.16. The first-order valence-electron chi connectivity index (χ1n) is 5.71. The van der Waals surface area contributed by atoms with E-state index in [2.05, 4.69) is 18.8 Å². The Balaban J connectivity index is 2.06. The van der Waals surface area contributed by atoms with Crippen LogP contribution in [0, 0.1) is 5.92 Å². The van der Waals surface area contributed by atoms with Crippen LogP contribution in [0.4, 0.5) is 0 Å². The average Bonchev–Trinajstić information content (AvgIpc) is 2.19. The van der Waals surface area contributed by atoms with Gasteiger partial charge in [-0.05, 0) is 44.6 Å². The van der Waals surface area contributed by atoms with Gasteiger partial charge in [0.1, 0.15) is 0 Å². The molecule has 0 aromatic heterocycles. The summed E-state index contributed by atoms with van der Waals surface area (Å²) in [5, 5.41) is 3.60. The molecule has 0 aliphatic heterocycles.